The van der Waals surface area contributed by atoms with Gasteiger partial charge in [0.15, 0.2) is 0 Å². The highest BCUT2D eigenvalue weighted by molar-refractivity contribution is 5.11. The summed E-state index contributed by atoms with van der Waals surface area (Å²) in [4.78, 5) is 0. The van der Waals surface area contributed by atoms with E-state index in [0.717, 1.165) is 19.4 Å². The second-order valence-electron chi connectivity index (χ2n) is 4.55. The van der Waals surface area contributed by atoms with Crippen LogP contribution in [-0.4, -0.2) is 23.4 Å². The van der Waals surface area contributed by atoms with E-state index in [1.54, 1.807) is 0 Å². The largest absolute Gasteiger partial charge is 0.319 e. The predicted molar refractivity (Wildman–Crippen MR) is 68.8 cm³/mol. The van der Waals surface area contributed by atoms with Crippen LogP contribution in [0.1, 0.15) is 45.1 Å². The van der Waals surface area contributed by atoms with Gasteiger partial charge in [-0.15, -0.1) is 0 Å². The second-order valence-corrected chi connectivity index (χ2v) is 4.55. The number of hydrogen-bond acceptors (Lipinski definition) is 2. The van der Waals surface area contributed by atoms with Crippen molar-refractivity contribution < 1.29 is 0 Å². The van der Waals surface area contributed by atoms with Crippen molar-refractivity contribution in [2.75, 3.05) is 13.6 Å². The molecule has 2 unspecified atom stereocenters. The topological polar surface area (TPSA) is 29.9 Å². The van der Waals surface area contributed by atoms with Crippen LogP contribution in [0, 0.1) is 5.92 Å². The number of aryl methyl sites for hydroxylation is 2. The van der Waals surface area contributed by atoms with E-state index in [9.17, 15) is 0 Å². The van der Waals surface area contributed by atoms with E-state index >= 15 is 0 Å². The average Bonchev–Trinajstić information content (AvgIpc) is 2.71. The lowest BCUT2D eigenvalue weighted by Crippen LogP contribution is -2.25. The molecule has 92 valence electrons. The first kappa shape index (κ1) is 13.2. The van der Waals surface area contributed by atoms with Crippen LogP contribution in [0.4, 0.5) is 0 Å². The van der Waals surface area contributed by atoms with Crippen molar-refractivity contribution in [1.82, 2.24) is 15.1 Å². The van der Waals surface area contributed by atoms with Gasteiger partial charge in [0.25, 0.3) is 0 Å². The van der Waals surface area contributed by atoms with Crippen molar-refractivity contribution in [3.8, 4) is 0 Å². The molecule has 1 N–H and O–H groups in total. The first-order valence-electron chi connectivity index (χ1n) is 6.35. The van der Waals surface area contributed by atoms with Gasteiger partial charge in [-0.2, -0.15) is 5.10 Å². The van der Waals surface area contributed by atoms with Crippen molar-refractivity contribution in [3.63, 3.8) is 0 Å². The molecular formula is C13H25N3. The highest BCUT2D eigenvalue weighted by atomic mass is 15.3. The number of nitrogens with one attached hydrogen (secondary N) is 1. The minimum atomic E-state index is 0.461. The summed E-state index contributed by atoms with van der Waals surface area (Å²) in [6.07, 6.45) is 2.08. The van der Waals surface area contributed by atoms with Crippen LogP contribution in [0.3, 0.4) is 0 Å². The Kier molecular flexibility index (Phi) is 5.00. The zero-order valence-electron chi connectivity index (χ0n) is 11.2. The van der Waals surface area contributed by atoms with Crippen LogP contribution < -0.4 is 5.32 Å². The van der Waals surface area contributed by atoms with Gasteiger partial charge in [-0.1, -0.05) is 20.8 Å². The lowest BCUT2D eigenvalue weighted by Gasteiger charge is -2.22. The van der Waals surface area contributed by atoms with E-state index in [1.807, 2.05) is 7.05 Å². The van der Waals surface area contributed by atoms with E-state index in [2.05, 4.69) is 43.8 Å². The van der Waals surface area contributed by atoms with Crippen LogP contribution in [0.2, 0.25) is 0 Å². The second kappa shape index (κ2) is 6.04. The zero-order chi connectivity index (χ0) is 12.1. The van der Waals surface area contributed by atoms with Crippen molar-refractivity contribution in [1.29, 1.82) is 0 Å². The first-order valence-corrected chi connectivity index (χ1v) is 6.35. The quantitative estimate of drug-likeness (QED) is 0.802. The van der Waals surface area contributed by atoms with Gasteiger partial charge < -0.3 is 5.32 Å². The molecule has 0 spiro atoms. The molecule has 0 bridgehead atoms. The Morgan fingerprint density at radius 1 is 1.31 bits per heavy atom. The van der Waals surface area contributed by atoms with Crippen LogP contribution in [0.5, 0.6) is 0 Å². The monoisotopic (exact) mass is 223 g/mol. The summed E-state index contributed by atoms with van der Waals surface area (Å²) in [5.41, 5.74) is 2.56. The molecule has 2 atom stereocenters. The Hall–Kier alpha value is -0.830. The SMILES string of the molecule is CCc1cc(CC)n(C(C)C(C)CNC)n1. The van der Waals surface area contributed by atoms with Gasteiger partial charge in [-0.3, -0.25) is 4.68 Å². The van der Waals surface area contributed by atoms with E-state index in [4.69, 9.17) is 5.10 Å². The normalized spacial score (nSPS) is 15.1. The van der Waals surface area contributed by atoms with Gasteiger partial charge in [0.2, 0.25) is 0 Å². The summed E-state index contributed by atoms with van der Waals surface area (Å²) < 4.78 is 2.21. The van der Waals surface area contributed by atoms with Crippen LogP contribution >= 0.6 is 0 Å². The molecule has 16 heavy (non-hydrogen) atoms. The molecule has 0 fully saturated rings. The van der Waals surface area contributed by atoms with Gasteiger partial charge >= 0.3 is 0 Å². The van der Waals surface area contributed by atoms with Gasteiger partial charge in [0, 0.05) is 5.69 Å². The maximum atomic E-state index is 4.69. The van der Waals surface area contributed by atoms with Crippen LogP contribution in [0.25, 0.3) is 0 Å². The van der Waals surface area contributed by atoms with E-state index in [0.29, 0.717) is 12.0 Å². The Bertz CT molecular complexity index is 317. The molecule has 0 aliphatic carbocycles. The molecule has 1 rings (SSSR count). The molecule has 1 aromatic heterocycles. The third kappa shape index (κ3) is 2.85. The molecular weight excluding hydrogens is 198 g/mol. The molecule has 0 saturated carbocycles. The summed E-state index contributed by atoms with van der Waals surface area (Å²) in [6, 6.07) is 2.70. The summed E-state index contributed by atoms with van der Waals surface area (Å²) in [6.45, 7) is 9.92. The van der Waals surface area contributed by atoms with Crippen molar-refractivity contribution in [2.24, 2.45) is 5.92 Å². The molecule has 0 aliphatic heterocycles. The fourth-order valence-corrected chi connectivity index (χ4v) is 2.01. The van der Waals surface area contributed by atoms with Gasteiger partial charge in [-0.25, -0.2) is 0 Å². The third-order valence-corrected chi connectivity index (χ3v) is 3.32. The van der Waals surface area contributed by atoms with Crippen LogP contribution in [-0.2, 0) is 12.8 Å². The maximum absolute atomic E-state index is 4.69. The highest BCUT2D eigenvalue weighted by Gasteiger charge is 2.17. The fourth-order valence-electron chi connectivity index (χ4n) is 2.01. The molecule has 0 amide bonds. The lowest BCUT2D eigenvalue weighted by atomic mass is 10.0. The van der Waals surface area contributed by atoms with Gasteiger partial charge in [0.1, 0.15) is 0 Å². The van der Waals surface area contributed by atoms with Gasteiger partial charge in [0.05, 0.1) is 11.7 Å². The summed E-state index contributed by atoms with van der Waals surface area (Å²) in [5, 5.41) is 7.93. The molecule has 1 heterocycles. The highest BCUT2D eigenvalue weighted by Crippen LogP contribution is 2.20. The molecule has 0 saturated heterocycles. The molecule has 1 aromatic rings. The Morgan fingerprint density at radius 3 is 2.50 bits per heavy atom. The van der Waals surface area contributed by atoms with Crippen molar-refractivity contribution in [2.45, 2.75) is 46.6 Å². The molecule has 0 radical (unpaired) electrons. The van der Waals surface area contributed by atoms with Crippen molar-refractivity contribution >= 4 is 0 Å². The van der Waals surface area contributed by atoms with E-state index < -0.39 is 0 Å². The van der Waals surface area contributed by atoms with E-state index in [-0.39, 0.29) is 0 Å². The number of aromatic nitrogens is 2. The predicted octanol–water partition coefficient (Wildman–Crippen LogP) is 2.42. The summed E-state index contributed by atoms with van der Waals surface area (Å²) in [7, 11) is 2.00. The van der Waals surface area contributed by atoms with E-state index in [1.165, 1.54) is 11.4 Å². The Morgan fingerprint density at radius 2 is 2.00 bits per heavy atom. The minimum absolute atomic E-state index is 0.461. The fraction of sp³-hybridized carbons (Fsp3) is 0.769. The number of hydrogen-bond donors (Lipinski definition) is 1. The molecule has 0 aliphatic rings. The molecule has 0 aromatic carbocycles. The zero-order valence-corrected chi connectivity index (χ0v) is 11.2. The molecule has 3 heteroatoms. The van der Waals surface area contributed by atoms with Crippen LogP contribution in [0.15, 0.2) is 6.07 Å². The summed E-state index contributed by atoms with van der Waals surface area (Å²) >= 11 is 0. The third-order valence-electron chi connectivity index (χ3n) is 3.32. The Labute approximate surface area is 99.2 Å². The standard InChI is InChI=1S/C13H25N3/c1-6-12-8-13(7-2)16(15-12)11(4)10(3)9-14-5/h8,10-11,14H,6-7,9H2,1-5H3. The molecule has 3 nitrogen and oxygen atoms in total. The number of nitrogens with zero attached hydrogens (tertiary/aromatic N) is 2. The number of rotatable bonds is 6. The van der Waals surface area contributed by atoms with Gasteiger partial charge in [-0.05, 0) is 45.3 Å². The average molecular weight is 223 g/mol. The maximum Gasteiger partial charge on any atom is 0.0624 e. The minimum Gasteiger partial charge on any atom is -0.319 e. The summed E-state index contributed by atoms with van der Waals surface area (Å²) in [5.74, 6) is 0.597. The van der Waals surface area contributed by atoms with Crippen molar-refractivity contribution in [3.05, 3.63) is 17.5 Å². The smallest absolute Gasteiger partial charge is 0.0624 e. The lowest BCUT2D eigenvalue weighted by molar-refractivity contribution is 0.335. The first-order chi connectivity index (χ1) is 7.63. The Balaban J connectivity index is 2.88.